The highest BCUT2D eigenvalue weighted by Gasteiger charge is 2.30. The molecular formula is C13H19BrN2O2. The lowest BCUT2D eigenvalue weighted by molar-refractivity contribution is -0.121. The van der Waals surface area contributed by atoms with Crippen LogP contribution in [-0.4, -0.2) is 18.6 Å². The number of ether oxygens (including phenoxy) is 1. The Morgan fingerprint density at radius 1 is 1.44 bits per heavy atom. The third-order valence-corrected chi connectivity index (χ3v) is 3.62. The summed E-state index contributed by atoms with van der Waals surface area (Å²) in [7, 11) is 1.56. The van der Waals surface area contributed by atoms with Gasteiger partial charge in [0.05, 0.1) is 18.3 Å². The molecule has 4 nitrogen and oxygen atoms in total. The molecule has 0 atom stereocenters. The first-order chi connectivity index (χ1) is 8.46. The van der Waals surface area contributed by atoms with Crippen LogP contribution in [0, 0.1) is 0 Å². The van der Waals surface area contributed by atoms with E-state index in [2.05, 4.69) is 21.2 Å². The third-order valence-electron chi connectivity index (χ3n) is 3.12. The van der Waals surface area contributed by atoms with Gasteiger partial charge in [0.2, 0.25) is 5.91 Å². The van der Waals surface area contributed by atoms with Gasteiger partial charge in [-0.1, -0.05) is 29.8 Å². The molecule has 0 saturated carbocycles. The van der Waals surface area contributed by atoms with Crippen molar-refractivity contribution < 1.29 is 9.53 Å². The first-order valence-corrected chi connectivity index (χ1v) is 6.70. The number of rotatable bonds is 5. The summed E-state index contributed by atoms with van der Waals surface area (Å²) < 4.78 is 6.07. The molecule has 0 aliphatic heterocycles. The third kappa shape index (κ3) is 3.23. The summed E-state index contributed by atoms with van der Waals surface area (Å²) in [5, 5.41) is 2.83. The summed E-state index contributed by atoms with van der Waals surface area (Å²) in [6, 6.07) is 5.43. The smallest absolute Gasteiger partial charge is 0.244 e. The van der Waals surface area contributed by atoms with Crippen LogP contribution in [0.3, 0.4) is 0 Å². The number of nitrogens with one attached hydrogen (secondary N) is 1. The van der Waals surface area contributed by atoms with Gasteiger partial charge in [0.1, 0.15) is 5.75 Å². The molecule has 1 aromatic rings. The van der Waals surface area contributed by atoms with Crippen LogP contribution >= 0.6 is 15.9 Å². The maximum absolute atomic E-state index is 12.2. The number of benzene rings is 1. The number of hydrogen-bond acceptors (Lipinski definition) is 3. The van der Waals surface area contributed by atoms with Crippen molar-refractivity contribution in [1.82, 2.24) is 0 Å². The number of hydrogen-bond donors (Lipinski definition) is 2. The van der Waals surface area contributed by atoms with Crippen LogP contribution in [0.5, 0.6) is 5.75 Å². The molecule has 5 heteroatoms. The zero-order valence-electron chi connectivity index (χ0n) is 10.9. The van der Waals surface area contributed by atoms with Gasteiger partial charge in [0, 0.05) is 4.47 Å². The largest absolute Gasteiger partial charge is 0.495 e. The van der Waals surface area contributed by atoms with Gasteiger partial charge in [-0.3, -0.25) is 4.79 Å². The first kappa shape index (κ1) is 15.0. The average molecular weight is 315 g/mol. The molecule has 1 amide bonds. The summed E-state index contributed by atoms with van der Waals surface area (Å²) in [4.78, 5) is 12.2. The zero-order chi connectivity index (χ0) is 13.8. The van der Waals surface area contributed by atoms with E-state index in [9.17, 15) is 4.79 Å². The molecule has 0 bridgehead atoms. The van der Waals surface area contributed by atoms with Crippen LogP contribution in [0.1, 0.15) is 26.7 Å². The van der Waals surface area contributed by atoms with E-state index in [-0.39, 0.29) is 5.91 Å². The maximum atomic E-state index is 12.2. The van der Waals surface area contributed by atoms with Crippen LogP contribution < -0.4 is 15.8 Å². The predicted molar refractivity (Wildman–Crippen MR) is 76.8 cm³/mol. The molecule has 1 aromatic carbocycles. The molecule has 100 valence electrons. The molecule has 1 rings (SSSR count). The van der Waals surface area contributed by atoms with Crippen LogP contribution in [-0.2, 0) is 4.79 Å². The Labute approximate surface area is 116 Å². The van der Waals surface area contributed by atoms with E-state index in [0.29, 0.717) is 24.3 Å². The van der Waals surface area contributed by atoms with E-state index >= 15 is 0 Å². The normalized spacial score (nSPS) is 11.2. The number of amides is 1. The maximum Gasteiger partial charge on any atom is 0.244 e. The highest BCUT2D eigenvalue weighted by atomic mass is 79.9. The van der Waals surface area contributed by atoms with Crippen LogP contribution in [0.2, 0.25) is 0 Å². The standard InChI is InChI=1S/C13H19BrN2O2/c1-4-13(15,5-2)12(17)16-10-8-9(14)6-7-11(10)18-3/h6-8H,4-5,15H2,1-3H3,(H,16,17). The lowest BCUT2D eigenvalue weighted by Gasteiger charge is -2.25. The van der Waals surface area contributed by atoms with Crippen molar-refractivity contribution in [3.63, 3.8) is 0 Å². The zero-order valence-corrected chi connectivity index (χ0v) is 12.5. The van der Waals surface area contributed by atoms with E-state index in [4.69, 9.17) is 10.5 Å². The lowest BCUT2D eigenvalue weighted by Crippen LogP contribution is -2.50. The predicted octanol–water partition coefficient (Wildman–Crippen LogP) is 2.91. The summed E-state index contributed by atoms with van der Waals surface area (Å²) in [5.41, 5.74) is 5.83. The molecule has 0 aliphatic rings. The number of halogens is 1. The second-order valence-corrected chi connectivity index (χ2v) is 5.08. The van der Waals surface area contributed by atoms with E-state index in [1.54, 1.807) is 19.2 Å². The molecule has 0 aromatic heterocycles. The summed E-state index contributed by atoms with van der Waals surface area (Å²) in [6.07, 6.45) is 1.18. The van der Waals surface area contributed by atoms with E-state index < -0.39 is 5.54 Å². The van der Waals surface area contributed by atoms with Gasteiger partial charge in [0.25, 0.3) is 0 Å². The van der Waals surface area contributed by atoms with Crippen LogP contribution in [0.25, 0.3) is 0 Å². The summed E-state index contributed by atoms with van der Waals surface area (Å²) in [5.74, 6) is 0.421. The number of nitrogens with two attached hydrogens (primary N) is 1. The number of carbonyl (C=O) groups excluding carboxylic acids is 1. The SMILES string of the molecule is CCC(N)(CC)C(=O)Nc1cc(Br)ccc1OC. The Bertz CT molecular complexity index is 431. The van der Waals surface area contributed by atoms with Gasteiger partial charge in [-0.25, -0.2) is 0 Å². The highest BCUT2D eigenvalue weighted by molar-refractivity contribution is 9.10. The second-order valence-electron chi connectivity index (χ2n) is 4.16. The fourth-order valence-corrected chi connectivity index (χ4v) is 1.96. The second kappa shape index (κ2) is 6.20. The van der Waals surface area contributed by atoms with Gasteiger partial charge in [-0.15, -0.1) is 0 Å². The Hall–Kier alpha value is -1.07. The van der Waals surface area contributed by atoms with Gasteiger partial charge in [-0.2, -0.15) is 0 Å². The molecule has 0 unspecified atom stereocenters. The molecule has 0 saturated heterocycles. The first-order valence-electron chi connectivity index (χ1n) is 5.90. The van der Waals surface area contributed by atoms with Crippen molar-refractivity contribution in [2.24, 2.45) is 5.73 Å². The fraction of sp³-hybridized carbons (Fsp3) is 0.462. The highest BCUT2D eigenvalue weighted by Crippen LogP contribution is 2.29. The van der Waals surface area contributed by atoms with Gasteiger partial charge >= 0.3 is 0 Å². The lowest BCUT2D eigenvalue weighted by atomic mass is 9.93. The van der Waals surface area contributed by atoms with E-state index in [0.717, 1.165) is 4.47 Å². The topological polar surface area (TPSA) is 64.4 Å². The molecule has 0 heterocycles. The van der Waals surface area contributed by atoms with E-state index in [1.807, 2.05) is 19.9 Å². The van der Waals surface area contributed by atoms with Gasteiger partial charge in [0.15, 0.2) is 0 Å². The Morgan fingerprint density at radius 2 is 2.06 bits per heavy atom. The quantitative estimate of drug-likeness (QED) is 0.878. The van der Waals surface area contributed by atoms with Crippen molar-refractivity contribution >= 4 is 27.5 Å². The summed E-state index contributed by atoms with van der Waals surface area (Å²) >= 11 is 3.36. The van der Waals surface area contributed by atoms with Crippen molar-refractivity contribution in [3.05, 3.63) is 22.7 Å². The minimum absolute atomic E-state index is 0.191. The van der Waals surface area contributed by atoms with Crippen LogP contribution in [0.15, 0.2) is 22.7 Å². The van der Waals surface area contributed by atoms with Crippen molar-refractivity contribution in [1.29, 1.82) is 0 Å². The van der Waals surface area contributed by atoms with Crippen LogP contribution in [0.4, 0.5) is 5.69 Å². The van der Waals surface area contributed by atoms with Gasteiger partial charge < -0.3 is 15.8 Å². The molecule has 0 radical (unpaired) electrons. The molecular weight excluding hydrogens is 296 g/mol. The van der Waals surface area contributed by atoms with Gasteiger partial charge in [-0.05, 0) is 31.0 Å². The Morgan fingerprint density at radius 3 is 2.56 bits per heavy atom. The molecule has 0 spiro atoms. The fourth-order valence-electron chi connectivity index (χ4n) is 1.60. The Balaban J connectivity index is 2.97. The minimum Gasteiger partial charge on any atom is -0.495 e. The number of carbonyl (C=O) groups is 1. The van der Waals surface area contributed by atoms with E-state index in [1.165, 1.54) is 0 Å². The average Bonchev–Trinajstić information content (AvgIpc) is 2.38. The minimum atomic E-state index is -0.840. The molecule has 18 heavy (non-hydrogen) atoms. The molecule has 0 aliphatic carbocycles. The number of methoxy groups -OCH3 is 1. The summed E-state index contributed by atoms with van der Waals surface area (Å²) in [6.45, 7) is 3.81. The Kier molecular flexibility index (Phi) is 5.16. The number of anilines is 1. The monoisotopic (exact) mass is 314 g/mol. The molecule has 3 N–H and O–H groups in total. The van der Waals surface area contributed by atoms with Crippen molar-refractivity contribution in [3.8, 4) is 5.75 Å². The van der Waals surface area contributed by atoms with Crippen molar-refractivity contribution in [2.45, 2.75) is 32.2 Å². The molecule has 0 fully saturated rings. The van der Waals surface area contributed by atoms with Crippen molar-refractivity contribution in [2.75, 3.05) is 12.4 Å².